The van der Waals surface area contributed by atoms with E-state index in [1.807, 2.05) is 19.1 Å². The molecule has 1 aromatic carbocycles. The van der Waals surface area contributed by atoms with E-state index in [-0.39, 0.29) is 12.6 Å². The van der Waals surface area contributed by atoms with E-state index in [2.05, 4.69) is 11.4 Å². The Morgan fingerprint density at radius 3 is 2.82 bits per heavy atom. The molecule has 94 valence electrons. The van der Waals surface area contributed by atoms with Gasteiger partial charge in [0.15, 0.2) is 11.5 Å². The monoisotopic (exact) mass is 237 g/mol. The number of nitrogens with one attached hydrogen (secondary N) is 1. The lowest BCUT2D eigenvalue weighted by Crippen LogP contribution is -2.30. The molecule has 1 atom stereocenters. The van der Waals surface area contributed by atoms with E-state index in [1.54, 1.807) is 0 Å². The van der Waals surface area contributed by atoms with Gasteiger partial charge in [-0.25, -0.2) is 0 Å². The number of hydrogen-bond donors (Lipinski definition) is 2. The molecule has 0 saturated carbocycles. The fourth-order valence-corrected chi connectivity index (χ4v) is 1.77. The van der Waals surface area contributed by atoms with Crippen molar-refractivity contribution < 1.29 is 14.6 Å². The Bertz CT molecular complexity index is 368. The molecule has 1 aliphatic rings. The van der Waals surface area contributed by atoms with Crippen LogP contribution in [0.25, 0.3) is 0 Å². The fourth-order valence-electron chi connectivity index (χ4n) is 1.77. The molecule has 2 N–H and O–H groups in total. The minimum atomic E-state index is 0.146. The van der Waals surface area contributed by atoms with Crippen molar-refractivity contribution in [3.63, 3.8) is 0 Å². The summed E-state index contributed by atoms with van der Waals surface area (Å²) < 4.78 is 11.0. The van der Waals surface area contributed by atoms with Gasteiger partial charge in [0, 0.05) is 6.04 Å². The van der Waals surface area contributed by atoms with Gasteiger partial charge in [0.2, 0.25) is 0 Å². The van der Waals surface area contributed by atoms with Crippen molar-refractivity contribution in [2.75, 3.05) is 26.4 Å². The molecule has 0 aliphatic carbocycles. The summed E-state index contributed by atoms with van der Waals surface area (Å²) in [5.74, 6) is 1.67. The third kappa shape index (κ3) is 3.35. The molecule has 4 nitrogen and oxygen atoms in total. The van der Waals surface area contributed by atoms with E-state index in [4.69, 9.17) is 14.6 Å². The molecule has 0 saturated heterocycles. The zero-order valence-electron chi connectivity index (χ0n) is 10.1. The predicted octanol–water partition coefficient (Wildman–Crippen LogP) is 0.971. The van der Waals surface area contributed by atoms with Crippen LogP contribution in [0.4, 0.5) is 0 Å². The quantitative estimate of drug-likeness (QED) is 0.801. The van der Waals surface area contributed by atoms with Crippen molar-refractivity contribution in [1.82, 2.24) is 5.32 Å². The fraction of sp³-hybridized carbons (Fsp3) is 0.538. The van der Waals surface area contributed by atoms with E-state index in [0.717, 1.165) is 24.5 Å². The van der Waals surface area contributed by atoms with Crippen molar-refractivity contribution in [2.45, 2.75) is 19.4 Å². The summed E-state index contributed by atoms with van der Waals surface area (Å²) >= 11 is 0. The Morgan fingerprint density at radius 2 is 2.06 bits per heavy atom. The second-order valence-electron chi connectivity index (χ2n) is 4.27. The number of fused-ring (bicyclic) bond motifs is 1. The number of hydrogen-bond acceptors (Lipinski definition) is 4. The molecule has 1 unspecified atom stereocenters. The highest BCUT2D eigenvalue weighted by Gasteiger charge is 2.11. The van der Waals surface area contributed by atoms with Crippen LogP contribution < -0.4 is 14.8 Å². The first-order valence-electron chi connectivity index (χ1n) is 6.02. The molecule has 0 amide bonds. The average molecular weight is 237 g/mol. The standard InChI is InChI=1S/C13H19NO3/c1-10(9-15)14-5-4-11-2-3-12-13(8-11)17-7-6-16-12/h2-3,8,10,14-15H,4-7,9H2,1H3. The maximum Gasteiger partial charge on any atom is 0.161 e. The molecule has 0 spiro atoms. The molecule has 0 aromatic heterocycles. The van der Waals surface area contributed by atoms with Crippen LogP contribution in [0.1, 0.15) is 12.5 Å². The van der Waals surface area contributed by atoms with Crippen molar-refractivity contribution in [1.29, 1.82) is 0 Å². The first-order valence-corrected chi connectivity index (χ1v) is 6.02. The Hall–Kier alpha value is -1.26. The van der Waals surface area contributed by atoms with E-state index < -0.39 is 0 Å². The molecule has 1 aliphatic heterocycles. The van der Waals surface area contributed by atoms with Crippen LogP contribution in [-0.4, -0.2) is 37.5 Å². The molecule has 2 rings (SSSR count). The van der Waals surface area contributed by atoms with E-state index in [0.29, 0.717) is 13.2 Å². The molecule has 1 aromatic rings. The van der Waals surface area contributed by atoms with Crippen molar-refractivity contribution in [2.24, 2.45) is 0 Å². The zero-order valence-corrected chi connectivity index (χ0v) is 10.1. The van der Waals surface area contributed by atoms with E-state index >= 15 is 0 Å². The molecular formula is C13H19NO3. The molecular weight excluding hydrogens is 218 g/mol. The minimum Gasteiger partial charge on any atom is -0.486 e. The molecule has 17 heavy (non-hydrogen) atoms. The van der Waals surface area contributed by atoms with Crippen molar-refractivity contribution >= 4 is 0 Å². The second-order valence-corrected chi connectivity index (χ2v) is 4.27. The van der Waals surface area contributed by atoms with Gasteiger partial charge >= 0.3 is 0 Å². The van der Waals surface area contributed by atoms with Crippen LogP contribution in [0.15, 0.2) is 18.2 Å². The van der Waals surface area contributed by atoms with Crippen molar-refractivity contribution in [3.8, 4) is 11.5 Å². The Kier molecular flexibility index (Phi) is 4.23. The molecule has 0 bridgehead atoms. The molecule has 4 heteroatoms. The van der Waals surface area contributed by atoms with Crippen molar-refractivity contribution in [3.05, 3.63) is 23.8 Å². The van der Waals surface area contributed by atoms with Gasteiger partial charge in [-0.1, -0.05) is 6.07 Å². The van der Waals surface area contributed by atoms with E-state index in [1.165, 1.54) is 5.56 Å². The van der Waals surface area contributed by atoms with Gasteiger partial charge in [-0.2, -0.15) is 0 Å². The third-order valence-electron chi connectivity index (χ3n) is 2.79. The van der Waals surface area contributed by atoms with Crippen LogP contribution >= 0.6 is 0 Å². The topological polar surface area (TPSA) is 50.7 Å². The lowest BCUT2D eigenvalue weighted by Gasteiger charge is -2.19. The summed E-state index contributed by atoms with van der Waals surface area (Å²) in [5.41, 5.74) is 1.21. The highest BCUT2D eigenvalue weighted by atomic mass is 16.6. The summed E-state index contributed by atoms with van der Waals surface area (Å²) in [4.78, 5) is 0. The van der Waals surface area contributed by atoms with Gasteiger partial charge in [-0.3, -0.25) is 0 Å². The molecule has 0 radical (unpaired) electrons. The summed E-state index contributed by atoms with van der Waals surface area (Å²) in [5, 5.41) is 12.1. The van der Waals surface area contributed by atoms with Gasteiger partial charge in [-0.05, 0) is 37.6 Å². The highest BCUT2D eigenvalue weighted by molar-refractivity contribution is 5.43. The molecule has 0 fully saturated rings. The first kappa shape index (κ1) is 12.2. The summed E-state index contributed by atoms with van der Waals surface area (Å²) in [6.45, 7) is 4.23. The van der Waals surface area contributed by atoms with Crippen LogP contribution in [0, 0.1) is 0 Å². The number of aliphatic hydroxyl groups is 1. The maximum absolute atomic E-state index is 8.89. The number of aliphatic hydroxyl groups excluding tert-OH is 1. The average Bonchev–Trinajstić information content (AvgIpc) is 2.38. The zero-order chi connectivity index (χ0) is 12.1. The Labute approximate surface area is 102 Å². The number of rotatable bonds is 5. The SMILES string of the molecule is CC(CO)NCCc1ccc2c(c1)OCCO2. The third-order valence-corrected chi connectivity index (χ3v) is 2.79. The summed E-state index contributed by atoms with van der Waals surface area (Å²) in [6, 6.07) is 6.19. The number of ether oxygens (including phenoxy) is 2. The Balaban J connectivity index is 1.89. The number of benzene rings is 1. The van der Waals surface area contributed by atoms with Crippen LogP contribution in [0.3, 0.4) is 0 Å². The van der Waals surface area contributed by atoms with Gasteiger partial charge in [-0.15, -0.1) is 0 Å². The van der Waals surface area contributed by atoms with E-state index in [9.17, 15) is 0 Å². The van der Waals surface area contributed by atoms with Crippen LogP contribution in [-0.2, 0) is 6.42 Å². The summed E-state index contributed by atoms with van der Waals surface area (Å²) in [7, 11) is 0. The van der Waals surface area contributed by atoms with Gasteiger partial charge < -0.3 is 19.9 Å². The lowest BCUT2D eigenvalue weighted by atomic mass is 10.1. The largest absolute Gasteiger partial charge is 0.486 e. The maximum atomic E-state index is 8.89. The van der Waals surface area contributed by atoms with Crippen LogP contribution in [0.2, 0.25) is 0 Å². The highest BCUT2D eigenvalue weighted by Crippen LogP contribution is 2.30. The predicted molar refractivity (Wildman–Crippen MR) is 65.7 cm³/mol. The van der Waals surface area contributed by atoms with Gasteiger partial charge in [0.25, 0.3) is 0 Å². The lowest BCUT2D eigenvalue weighted by molar-refractivity contribution is 0.171. The molecule has 1 heterocycles. The van der Waals surface area contributed by atoms with Gasteiger partial charge in [0.1, 0.15) is 13.2 Å². The smallest absolute Gasteiger partial charge is 0.161 e. The minimum absolute atomic E-state index is 0.146. The first-order chi connectivity index (χ1) is 8.29. The Morgan fingerprint density at radius 1 is 1.29 bits per heavy atom. The summed E-state index contributed by atoms with van der Waals surface area (Å²) in [6.07, 6.45) is 0.918. The second kappa shape index (κ2) is 5.89. The van der Waals surface area contributed by atoms with Gasteiger partial charge in [0.05, 0.1) is 6.61 Å². The normalized spacial score (nSPS) is 15.6. The van der Waals surface area contributed by atoms with Crippen LogP contribution in [0.5, 0.6) is 11.5 Å².